The molecule has 1 heterocycles. The number of halogens is 1. The molecule has 0 aliphatic rings. The minimum absolute atomic E-state index is 0.142. The van der Waals surface area contributed by atoms with Gasteiger partial charge in [-0.3, -0.25) is 0 Å². The predicted molar refractivity (Wildman–Crippen MR) is 75.2 cm³/mol. The van der Waals surface area contributed by atoms with Crippen LogP contribution in [-0.4, -0.2) is 25.5 Å². The van der Waals surface area contributed by atoms with Gasteiger partial charge in [-0.05, 0) is 36.4 Å². The fourth-order valence-electron chi connectivity index (χ4n) is 1.58. The number of rotatable bonds is 4. The summed E-state index contributed by atoms with van der Waals surface area (Å²) in [4.78, 5) is 17.1. The second kappa shape index (κ2) is 5.87. The van der Waals surface area contributed by atoms with Crippen LogP contribution < -0.4 is 5.69 Å². The van der Waals surface area contributed by atoms with Crippen LogP contribution in [0.3, 0.4) is 0 Å². The first-order valence-corrected chi connectivity index (χ1v) is 6.28. The number of hydrogen-bond acceptors (Lipinski definition) is 5. The minimum Gasteiger partial charge on any atom is -0.391 e. The lowest BCUT2D eigenvalue weighted by molar-refractivity contribution is 0.130. The Kier molecular flexibility index (Phi) is 4.19. The van der Waals surface area contributed by atoms with Crippen LogP contribution in [0.4, 0.5) is 0 Å². The Hall–Kier alpha value is -2.15. The third kappa shape index (κ3) is 2.88. The maximum atomic E-state index is 11.9. The van der Waals surface area contributed by atoms with E-state index in [0.717, 1.165) is 10.4 Å². The van der Waals surface area contributed by atoms with Gasteiger partial charge >= 0.3 is 5.69 Å². The van der Waals surface area contributed by atoms with Crippen molar-refractivity contribution in [2.24, 2.45) is 12.2 Å². The zero-order valence-corrected chi connectivity index (χ0v) is 12.1. The maximum absolute atomic E-state index is 11.9. The van der Waals surface area contributed by atoms with Gasteiger partial charge in [0.15, 0.2) is 0 Å². The van der Waals surface area contributed by atoms with Gasteiger partial charge in [0.25, 0.3) is 0 Å². The van der Waals surface area contributed by atoms with Crippen LogP contribution in [0, 0.1) is 0 Å². The molecule has 2 aromatic rings. The van der Waals surface area contributed by atoms with Crippen LogP contribution in [0.25, 0.3) is 5.69 Å². The molecule has 0 unspecified atom stereocenters. The molecule has 106 valence electrons. The third-order valence-corrected chi connectivity index (χ3v) is 2.85. The van der Waals surface area contributed by atoms with Gasteiger partial charge < -0.3 is 4.84 Å². The summed E-state index contributed by atoms with van der Waals surface area (Å²) < 4.78 is 2.31. The lowest BCUT2D eigenvalue weighted by atomic mass is 10.2. The fourth-order valence-corrected chi connectivity index (χ4v) is 1.80. The summed E-state index contributed by atoms with van der Waals surface area (Å²) in [6.45, 7) is 3.78. The van der Waals surface area contributed by atoms with Crippen molar-refractivity contribution in [1.82, 2.24) is 19.8 Å². The molecule has 0 aliphatic heterocycles. The van der Waals surface area contributed by atoms with Gasteiger partial charge in [-0.15, -0.1) is 0 Å². The summed E-state index contributed by atoms with van der Waals surface area (Å²) in [5, 5.41) is 11.8. The molecule has 0 amide bonds. The molecule has 0 saturated carbocycles. The normalized spacial score (nSPS) is 10.4. The van der Waals surface area contributed by atoms with Crippen LogP contribution in [0.1, 0.15) is 19.4 Å². The van der Waals surface area contributed by atoms with Crippen molar-refractivity contribution in [2.45, 2.75) is 20.5 Å². The minimum atomic E-state index is -0.358. The van der Waals surface area contributed by atoms with Crippen molar-refractivity contribution in [1.29, 1.82) is 0 Å². The molecule has 0 saturated heterocycles. The van der Waals surface area contributed by atoms with Gasteiger partial charge in [-0.2, -0.15) is 9.36 Å². The molecule has 0 radical (unpaired) electrons. The highest BCUT2D eigenvalue weighted by atomic mass is 35.5. The van der Waals surface area contributed by atoms with E-state index in [9.17, 15) is 4.79 Å². The number of tetrazole rings is 1. The quantitative estimate of drug-likeness (QED) is 0.633. The van der Waals surface area contributed by atoms with Gasteiger partial charge in [-0.1, -0.05) is 22.8 Å². The Balaban J connectivity index is 2.43. The molecule has 0 aliphatic carbocycles. The van der Waals surface area contributed by atoms with Crippen molar-refractivity contribution in [2.75, 3.05) is 0 Å². The Morgan fingerprint density at radius 2 is 2.15 bits per heavy atom. The Labute approximate surface area is 120 Å². The van der Waals surface area contributed by atoms with Crippen LogP contribution in [0.2, 0.25) is 5.02 Å². The van der Waals surface area contributed by atoms with E-state index < -0.39 is 0 Å². The van der Waals surface area contributed by atoms with Crippen LogP contribution >= 0.6 is 11.6 Å². The van der Waals surface area contributed by atoms with E-state index in [-0.39, 0.29) is 12.3 Å². The average molecular weight is 296 g/mol. The first-order chi connectivity index (χ1) is 9.50. The molecule has 7 nitrogen and oxygen atoms in total. The standard InChI is InChI=1S/C12H14ClN5O2/c1-8(2)14-20-7-9-10(13)5-4-6-11(9)18-12(19)17(3)15-16-18/h4-6H,7H2,1-3H3. The second-order valence-electron chi connectivity index (χ2n) is 4.35. The summed E-state index contributed by atoms with van der Waals surface area (Å²) in [6, 6.07) is 5.17. The van der Waals surface area contributed by atoms with Gasteiger partial charge in [0.2, 0.25) is 0 Å². The van der Waals surface area contributed by atoms with Crippen LogP contribution in [0.15, 0.2) is 28.1 Å². The van der Waals surface area contributed by atoms with E-state index in [1.807, 2.05) is 13.8 Å². The van der Waals surface area contributed by atoms with E-state index in [1.54, 1.807) is 18.2 Å². The third-order valence-electron chi connectivity index (χ3n) is 2.50. The van der Waals surface area contributed by atoms with Gasteiger partial charge in [-0.25, -0.2) is 4.79 Å². The molecule has 0 atom stereocenters. The Morgan fingerprint density at radius 1 is 1.40 bits per heavy atom. The van der Waals surface area contributed by atoms with E-state index in [0.29, 0.717) is 16.3 Å². The zero-order chi connectivity index (χ0) is 14.7. The molecule has 0 fully saturated rings. The highest BCUT2D eigenvalue weighted by molar-refractivity contribution is 6.31. The van der Waals surface area contributed by atoms with E-state index >= 15 is 0 Å². The van der Waals surface area contributed by atoms with Gasteiger partial charge in [0.1, 0.15) is 6.61 Å². The van der Waals surface area contributed by atoms with Gasteiger partial charge in [0, 0.05) is 17.6 Å². The lowest BCUT2D eigenvalue weighted by Gasteiger charge is -2.09. The van der Waals surface area contributed by atoms with Crippen molar-refractivity contribution in [3.63, 3.8) is 0 Å². The SMILES string of the molecule is CC(C)=NOCc1c(Cl)cccc1-n1nnn(C)c1=O. The molecule has 1 aromatic heterocycles. The average Bonchev–Trinajstić information content (AvgIpc) is 2.72. The number of benzene rings is 1. The van der Waals surface area contributed by atoms with Crippen molar-refractivity contribution in [3.05, 3.63) is 39.3 Å². The van der Waals surface area contributed by atoms with E-state index in [2.05, 4.69) is 15.6 Å². The van der Waals surface area contributed by atoms with Crippen LogP contribution in [-0.2, 0) is 18.5 Å². The van der Waals surface area contributed by atoms with Crippen molar-refractivity contribution >= 4 is 17.3 Å². The topological polar surface area (TPSA) is 74.3 Å². The molecule has 8 heteroatoms. The summed E-state index contributed by atoms with van der Waals surface area (Å²) in [5.74, 6) is 0. The second-order valence-corrected chi connectivity index (χ2v) is 4.75. The monoisotopic (exact) mass is 295 g/mol. The predicted octanol–water partition coefficient (Wildman–Crippen LogP) is 1.53. The first-order valence-electron chi connectivity index (χ1n) is 5.90. The molecule has 0 spiro atoms. The van der Waals surface area contributed by atoms with E-state index in [1.165, 1.54) is 11.7 Å². The summed E-state index contributed by atoms with van der Waals surface area (Å²) >= 11 is 6.15. The van der Waals surface area contributed by atoms with E-state index in [4.69, 9.17) is 16.4 Å². The van der Waals surface area contributed by atoms with Crippen molar-refractivity contribution < 1.29 is 4.84 Å². The molecular weight excluding hydrogens is 282 g/mol. The number of hydrogen-bond donors (Lipinski definition) is 0. The highest BCUT2D eigenvalue weighted by Crippen LogP contribution is 2.23. The largest absolute Gasteiger partial charge is 0.391 e. The molecule has 2 rings (SSSR count). The number of aromatic nitrogens is 4. The molecule has 1 aromatic carbocycles. The maximum Gasteiger partial charge on any atom is 0.368 e. The molecular formula is C12H14ClN5O2. The zero-order valence-electron chi connectivity index (χ0n) is 11.4. The van der Waals surface area contributed by atoms with Gasteiger partial charge in [0.05, 0.1) is 11.4 Å². The Bertz CT molecular complexity index is 700. The Morgan fingerprint density at radius 3 is 2.75 bits per heavy atom. The van der Waals surface area contributed by atoms with Crippen molar-refractivity contribution in [3.8, 4) is 5.69 Å². The summed E-state index contributed by atoms with van der Waals surface area (Å²) in [6.07, 6.45) is 0. The summed E-state index contributed by atoms with van der Waals surface area (Å²) in [7, 11) is 1.53. The lowest BCUT2D eigenvalue weighted by Crippen LogP contribution is -2.23. The number of oxime groups is 1. The molecule has 20 heavy (non-hydrogen) atoms. The smallest absolute Gasteiger partial charge is 0.368 e. The first kappa shape index (κ1) is 14.3. The van der Waals surface area contributed by atoms with Crippen LogP contribution in [0.5, 0.6) is 0 Å². The molecule has 0 N–H and O–H groups in total. The number of aryl methyl sites for hydroxylation is 1. The fraction of sp³-hybridized carbons (Fsp3) is 0.333. The molecule has 0 bridgehead atoms. The number of nitrogens with zero attached hydrogens (tertiary/aromatic N) is 5. The highest BCUT2D eigenvalue weighted by Gasteiger charge is 2.14. The summed E-state index contributed by atoms with van der Waals surface area (Å²) in [5.41, 5.74) is 1.58.